The fraction of sp³-hybridized carbons (Fsp3) is 0.444. The number of carboxylic acids is 1. The molecule has 0 heterocycles. The average molecular weight is 316 g/mol. The van der Waals surface area contributed by atoms with Gasteiger partial charge in [-0.3, -0.25) is 4.79 Å². The zero-order valence-electron chi connectivity index (χ0n) is 13.5. The minimum atomic E-state index is -0.989. The van der Waals surface area contributed by atoms with Crippen molar-refractivity contribution in [3.8, 4) is 0 Å². The Hall–Kier alpha value is -2.14. The number of carboxylic acid groups (broad SMARTS) is 1. The highest BCUT2D eigenvalue weighted by molar-refractivity contribution is 5.88. The molecule has 1 amide bonds. The number of nitrogens with two attached hydrogens (primary N) is 1. The smallest absolute Gasteiger partial charge is 0.335 e. The molecule has 4 N–H and O–H groups in total. The summed E-state index contributed by atoms with van der Waals surface area (Å²) in [6.45, 7) is 5.95. The van der Waals surface area contributed by atoms with Gasteiger partial charge >= 0.3 is 5.97 Å². The van der Waals surface area contributed by atoms with E-state index in [0.29, 0.717) is 6.42 Å². The van der Waals surface area contributed by atoms with Crippen molar-refractivity contribution in [2.24, 2.45) is 5.73 Å². The van der Waals surface area contributed by atoms with Crippen molar-refractivity contribution in [1.29, 1.82) is 0 Å². The van der Waals surface area contributed by atoms with Gasteiger partial charge in [-0.1, -0.05) is 37.1 Å². The van der Waals surface area contributed by atoms with Gasteiger partial charge in [0.2, 0.25) is 5.91 Å². The van der Waals surface area contributed by atoms with Gasteiger partial charge in [0.1, 0.15) is 0 Å². The Morgan fingerprint density at radius 1 is 1.39 bits per heavy atom. The van der Waals surface area contributed by atoms with Gasteiger partial charge in [0.15, 0.2) is 0 Å². The van der Waals surface area contributed by atoms with Crippen LogP contribution < -0.4 is 11.1 Å². The van der Waals surface area contributed by atoms with Crippen molar-refractivity contribution < 1.29 is 14.7 Å². The van der Waals surface area contributed by atoms with Crippen molar-refractivity contribution in [3.05, 3.63) is 47.5 Å². The number of amides is 1. The minimum absolute atomic E-state index is 0.198. The second-order valence-electron chi connectivity index (χ2n) is 6.37. The maximum atomic E-state index is 12.4. The Kier molecular flexibility index (Phi) is 5.21. The molecule has 124 valence electrons. The molecule has 0 bridgehead atoms. The molecule has 5 nitrogen and oxygen atoms in total. The maximum absolute atomic E-state index is 12.4. The van der Waals surface area contributed by atoms with E-state index < -0.39 is 12.0 Å². The van der Waals surface area contributed by atoms with Gasteiger partial charge < -0.3 is 16.2 Å². The lowest BCUT2D eigenvalue weighted by atomic mass is 9.89. The van der Waals surface area contributed by atoms with Crippen molar-refractivity contribution in [2.75, 3.05) is 0 Å². The number of rotatable bonds is 6. The van der Waals surface area contributed by atoms with E-state index in [2.05, 4.69) is 11.9 Å². The van der Waals surface area contributed by atoms with Gasteiger partial charge in [-0.15, -0.1) is 0 Å². The van der Waals surface area contributed by atoms with Gasteiger partial charge in [-0.25, -0.2) is 4.79 Å². The van der Waals surface area contributed by atoms with Crippen molar-refractivity contribution in [3.63, 3.8) is 0 Å². The molecular weight excluding hydrogens is 292 g/mol. The van der Waals surface area contributed by atoms with E-state index in [4.69, 9.17) is 10.8 Å². The summed E-state index contributed by atoms with van der Waals surface area (Å²) in [4.78, 5) is 23.4. The van der Waals surface area contributed by atoms with Crippen LogP contribution in [0.2, 0.25) is 0 Å². The van der Waals surface area contributed by atoms with E-state index in [1.165, 1.54) is 6.07 Å². The molecule has 1 saturated carbocycles. The number of nitrogens with one attached hydrogen (secondary N) is 1. The Morgan fingerprint density at radius 3 is 2.61 bits per heavy atom. The third kappa shape index (κ3) is 3.99. The number of carbonyl (C=O) groups is 2. The van der Waals surface area contributed by atoms with Crippen LogP contribution in [-0.4, -0.2) is 28.6 Å². The molecule has 1 aliphatic carbocycles. The van der Waals surface area contributed by atoms with E-state index in [-0.39, 0.29) is 17.0 Å². The van der Waals surface area contributed by atoms with Gasteiger partial charge in [-0.05, 0) is 43.9 Å². The van der Waals surface area contributed by atoms with Crippen LogP contribution in [-0.2, 0) is 11.2 Å². The molecule has 1 aromatic rings. The van der Waals surface area contributed by atoms with E-state index in [0.717, 1.165) is 36.8 Å². The molecule has 0 aromatic heterocycles. The van der Waals surface area contributed by atoms with Crippen LogP contribution in [0, 0.1) is 0 Å². The second-order valence-corrected chi connectivity index (χ2v) is 6.37. The summed E-state index contributed by atoms with van der Waals surface area (Å²) < 4.78 is 0. The first-order valence-electron chi connectivity index (χ1n) is 7.90. The lowest BCUT2D eigenvalue weighted by Gasteiger charge is -2.32. The molecule has 23 heavy (non-hydrogen) atoms. The summed E-state index contributed by atoms with van der Waals surface area (Å²) in [7, 11) is 0. The number of hydrogen-bond donors (Lipinski definition) is 3. The Morgan fingerprint density at radius 2 is 2.04 bits per heavy atom. The number of carbonyl (C=O) groups excluding carboxylic acids is 1. The molecular formula is C18H24N2O3. The van der Waals surface area contributed by atoms with E-state index in [1.807, 2.05) is 6.92 Å². The molecule has 1 unspecified atom stereocenters. The Labute approximate surface area is 136 Å². The fourth-order valence-corrected chi connectivity index (χ4v) is 3.14. The summed E-state index contributed by atoms with van der Waals surface area (Å²) >= 11 is 0. The minimum Gasteiger partial charge on any atom is -0.478 e. The summed E-state index contributed by atoms with van der Waals surface area (Å²) in [5.41, 5.74) is 7.59. The molecule has 0 spiro atoms. The number of aromatic carboxylic acids is 1. The Balaban J connectivity index is 2.04. The lowest BCUT2D eigenvalue weighted by Crippen LogP contribution is -2.53. The van der Waals surface area contributed by atoms with Crippen molar-refractivity contribution >= 4 is 11.9 Å². The zero-order valence-corrected chi connectivity index (χ0v) is 13.5. The number of hydrogen-bond acceptors (Lipinski definition) is 3. The van der Waals surface area contributed by atoms with Crippen LogP contribution in [0.5, 0.6) is 0 Å². The molecule has 1 fully saturated rings. The van der Waals surface area contributed by atoms with Gasteiger partial charge in [0.25, 0.3) is 0 Å². The molecule has 1 aliphatic rings. The molecule has 1 aromatic carbocycles. The summed E-state index contributed by atoms with van der Waals surface area (Å²) in [6.07, 6.45) is 4.25. The third-order valence-corrected chi connectivity index (χ3v) is 4.60. The molecule has 0 radical (unpaired) electrons. The van der Waals surface area contributed by atoms with Gasteiger partial charge in [0.05, 0.1) is 17.1 Å². The largest absolute Gasteiger partial charge is 0.478 e. The summed E-state index contributed by atoms with van der Waals surface area (Å²) in [5.74, 6) is -1.20. The van der Waals surface area contributed by atoms with E-state index in [9.17, 15) is 9.59 Å². The first kappa shape index (κ1) is 17.2. The highest BCUT2D eigenvalue weighted by atomic mass is 16.4. The van der Waals surface area contributed by atoms with Crippen LogP contribution in [0.4, 0.5) is 0 Å². The summed E-state index contributed by atoms with van der Waals surface area (Å²) in [6, 6.07) is 5.81. The zero-order chi connectivity index (χ0) is 17.0. The molecule has 2 rings (SSSR count). The van der Waals surface area contributed by atoms with Crippen LogP contribution in [0.25, 0.3) is 0 Å². The van der Waals surface area contributed by atoms with Crippen molar-refractivity contribution in [2.45, 2.75) is 50.6 Å². The predicted molar refractivity (Wildman–Crippen MR) is 89.2 cm³/mol. The SMILES string of the molecule is C=C(C)C1(NC(=O)C(N)Cc2cccc(C(=O)O)c2)CCCC1. The predicted octanol–water partition coefficient (Wildman–Crippen LogP) is 2.26. The Bertz CT molecular complexity index is 618. The second kappa shape index (κ2) is 6.96. The number of benzene rings is 1. The maximum Gasteiger partial charge on any atom is 0.335 e. The van der Waals surface area contributed by atoms with Crippen LogP contribution in [0.15, 0.2) is 36.4 Å². The first-order chi connectivity index (χ1) is 10.8. The topological polar surface area (TPSA) is 92.4 Å². The average Bonchev–Trinajstić information content (AvgIpc) is 2.97. The fourth-order valence-electron chi connectivity index (χ4n) is 3.14. The monoisotopic (exact) mass is 316 g/mol. The van der Waals surface area contributed by atoms with Crippen LogP contribution in [0.3, 0.4) is 0 Å². The molecule has 0 aliphatic heterocycles. The van der Waals surface area contributed by atoms with E-state index in [1.54, 1.807) is 18.2 Å². The van der Waals surface area contributed by atoms with Gasteiger partial charge in [0, 0.05) is 0 Å². The quantitative estimate of drug-likeness (QED) is 0.702. The highest BCUT2D eigenvalue weighted by Gasteiger charge is 2.36. The standard InChI is InChI=1S/C18H24N2O3/c1-12(2)18(8-3-4-9-18)20-16(21)15(19)11-13-6-5-7-14(10-13)17(22)23/h5-7,10,15H,1,3-4,8-9,11,19H2,2H3,(H,20,21)(H,22,23). The van der Waals surface area contributed by atoms with Crippen LogP contribution >= 0.6 is 0 Å². The van der Waals surface area contributed by atoms with E-state index >= 15 is 0 Å². The normalized spacial score (nSPS) is 17.5. The van der Waals surface area contributed by atoms with Gasteiger partial charge in [-0.2, -0.15) is 0 Å². The van der Waals surface area contributed by atoms with Crippen LogP contribution in [0.1, 0.15) is 48.5 Å². The lowest BCUT2D eigenvalue weighted by molar-refractivity contribution is -0.123. The molecule has 0 saturated heterocycles. The van der Waals surface area contributed by atoms with Crippen molar-refractivity contribution in [1.82, 2.24) is 5.32 Å². The summed E-state index contributed by atoms with van der Waals surface area (Å²) in [5, 5.41) is 12.1. The first-order valence-corrected chi connectivity index (χ1v) is 7.90. The molecule has 1 atom stereocenters. The third-order valence-electron chi connectivity index (χ3n) is 4.60. The highest BCUT2D eigenvalue weighted by Crippen LogP contribution is 2.34. The molecule has 5 heteroatoms.